The highest BCUT2D eigenvalue weighted by molar-refractivity contribution is 6.33. The average Bonchev–Trinajstić information content (AvgIpc) is 2.17. The van der Waals surface area contributed by atoms with Crippen LogP contribution in [0, 0.1) is 0 Å². The second-order valence-electron chi connectivity index (χ2n) is 3.87. The molecular formula is C10H12Cl2N2O. The Balaban J connectivity index is 2.34. The topological polar surface area (TPSA) is 35.0 Å². The number of aromatic nitrogens is 2. The van der Waals surface area contributed by atoms with Gasteiger partial charge in [-0.25, -0.2) is 9.97 Å². The quantitative estimate of drug-likeness (QED) is 0.715. The molecule has 15 heavy (non-hydrogen) atoms. The van der Waals surface area contributed by atoms with Crippen LogP contribution in [-0.4, -0.2) is 16.6 Å². The first-order valence-electron chi connectivity index (χ1n) is 4.95. The monoisotopic (exact) mass is 246 g/mol. The lowest BCUT2D eigenvalue weighted by Gasteiger charge is -2.32. The van der Waals surface area contributed by atoms with Crippen molar-refractivity contribution in [1.82, 2.24) is 9.97 Å². The van der Waals surface area contributed by atoms with Gasteiger partial charge in [0.05, 0.1) is 0 Å². The molecule has 1 atom stereocenters. The van der Waals surface area contributed by atoms with E-state index in [1.54, 1.807) is 0 Å². The summed E-state index contributed by atoms with van der Waals surface area (Å²) in [6.45, 7) is 2.72. The van der Waals surface area contributed by atoms with Gasteiger partial charge in [-0.2, -0.15) is 0 Å². The van der Waals surface area contributed by atoms with Crippen LogP contribution in [0.15, 0.2) is 6.07 Å². The van der Waals surface area contributed by atoms with Gasteiger partial charge >= 0.3 is 0 Å². The van der Waals surface area contributed by atoms with E-state index in [1.165, 1.54) is 6.07 Å². The minimum absolute atomic E-state index is 0.361. The maximum absolute atomic E-state index is 5.84. The predicted octanol–water partition coefficient (Wildman–Crippen LogP) is 3.20. The summed E-state index contributed by atoms with van der Waals surface area (Å²) in [4.78, 5) is 8.35. The van der Waals surface area contributed by atoms with Crippen molar-refractivity contribution in [3.8, 4) is 0 Å². The van der Waals surface area contributed by atoms with Crippen LogP contribution in [0.4, 0.5) is 0 Å². The Morgan fingerprint density at radius 3 is 2.47 bits per heavy atom. The molecule has 5 heteroatoms. The van der Waals surface area contributed by atoms with Crippen molar-refractivity contribution in [2.45, 2.75) is 31.8 Å². The summed E-state index contributed by atoms with van der Waals surface area (Å²) in [6.07, 6.45) is 3.11. The van der Waals surface area contributed by atoms with Crippen molar-refractivity contribution < 1.29 is 4.74 Å². The van der Waals surface area contributed by atoms with E-state index in [4.69, 9.17) is 27.9 Å². The van der Waals surface area contributed by atoms with Gasteiger partial charge in [0.25, 0.3) is 0 Å². The zero-order valence-electron chi connectivity index (χ0n) is 8.46. The second kappa shape index (κ2) is 4.24. The number of halogens is 2. The van der Waals surface area contributed by atoms with Crippen LogP contribution < -0.4 is 0 Å². The summed E-state index contributed by atoms with van der Waals surface area (Å²) < 4.78 is 5.72. The molecule has 1 unspecified atom stereocenters. The van der Waals surface area contributed by atoms with Gasteiger partial charge in [0.1, 0.15) is 15.9 Å². The third-order valence-electron chi connectivity index (χ3n) is 2.61. The van der Waals surface area contributed by atoms with Crippen LogP contribution in [0.1, 0.15) is 32.0 Å². The molecule has 0 aromatic carbocycles. The summed E-state index contributed by atoms with van der Waals surface area (Å²) in [5, 5.41) is 0.723. The maximum atomic E-state index is 5.84. The summed E-state index contributed by atoms with van der Waals surface area (Å²) >= 11 is 11.7. The zero-order chi connectivity index (χ0) is 10.9. The standard InChI is InChI=1S/C10H12Cl2N2O/c1-10(4-2-3-5-15-10)9-13-7(11)6-8(12)14-9/h6H,2-5H2,1H3. The van der Waals surface area contributed by atoms with E-state index >= 15 is 0 Å². The van der Waals surface area contributed by atoms with Gasteiger partial charge in [-0.3, -0.25) is 0 Å². The van der Waals surface area contributed by atoms with Gasteiger partial charge in [0.2, 0.25) is 0 Å². The highest BCUT2D eigenvalue weighted by atomic mass is 35.5. The Labute approximate surface area is 98.8 Å². The molecule has 1 aliphatic rings. The fraction of sp³-hybridized carbons (Fsp3) is 0.600. The van der Waals surface area contributed by atoms with Crippen molar-refractivity contribution in [3.63, 3.8) is 0 Å². The molecule has 0 N–H and O–H groups in total. The van der Waals surface area contributed by atoms with Crippen molar-refractivity contribution in [2.75, 3.05) is 6.61 Å². The van der Waals surface area contributed by atoms with Crippen molar-refractivity contribution in [1.29, 1.82) is 0 Å². The second-order valence-corrected chi connectivity index (χ2v) is 4.65. The molecule has 0 saturated carbocycles. The van der Waals surface area contributed by atoms with Crippen molar-refractivity contribution in [2.24, 2.45) is 0 Å². The van der Waals surface area contributed by atoms with Crippen molar-refractivity contribution in [3.05, 3.63) is 22.2 Å². The summed E-state index contributed by atoms with van der Waals surface area (Å²) in [5.74, 6) is 0.583. The molecule has 2 heterocycles. The molecular weight excluding hydrogens is 235 g/mol. The average molecular weight is 247 g/mol. The van der Waals surface area contributed by atoms with E-state index in [-0.39, 0.29) is 0 Å². The van der Waals surface area contributed by atoms with Crippen LogP contribution in [-0.2, 0) is 10.3 Å². The molecule has 1 aliphatic heterocycles. The summed E-state index contributed by atoms with van der Waals surface area (Å²) in [6, 6.07) is 1.53. The third-order valence-corrected chi connectivity index (χ3v) is 2.99. The highest BCUT2D eigenvalue weighted by Gasteiger charge is 2.33. The largest absolute Gasteiger partial charge is 0.367 e. The van der Waals surface area contributed by atoms with Gasteiger partial charge in [0, 0.05) is 12.7 Å². The third kappa shape index (κ3) is 2.41. The fourth-order valence-electron chi connectivity index (χ4n) is 1.74. The number of hydrogen-bond acceptors (Lipinski definition) is 3. The lowest BCUT2D eigenvalue weighted by molar-refractivity contribution is -0.0760. The first-order valence-corrected chi connectivity index (χ1v) is 5.70. The molecule has 1 aromatic heterocycles. The Hall–Kier alpha value is -0.380. The van der Waals surface area contributed by atoms with Crippen LogP contribution in [0.25, 0.3) is 0 Å². The Kier molecular flexibility index (Phi) is 3.14. The molecule has 1 aromatic rings. The molecule has 0 amide bonds. The van der Waals surface area contributed by atoms with Gasteiger partial charge in [-0.05, 0) is 26.2 Å². The molecule has 0 aliphatic carbocycles. The fourth-order valence-corrected chi connectivity index (χ4v) is 2.16. The van der Waals surface area contributed by atoms with E-state index in [1.807, 2.05) is 6.92 Å². The van der Waals surface area contributed by atoms with Crippen LogP contribution in [0.2, 0.25) is 10.3 Å². The maximum Gasteiger partial charge on any atom is 0.163 e. The summed E-state index contributed by atoms with van der Waals surface area (Å²) in [5.41, 5.74) is -0.438. The zero-order valence-corrected chi connectivity index (χ0v) is 9.98. The van der Waals surface area contributed by atoms with Crippen LogP contribution >= 0.6 is 23.2 Å². The number of hydrogen-bond donors (Lipinski definition) is 0. The van der Waals surface area contributed by atoms with Crippen molar-refractivity contribution >= 4 is 23.2 Å². The molecule has 82 valence electrons. The lowest BCUT2D eigenvalue weighted by atomic mass is 9.95. The molecule has 1 saturated heterocycles. The molecule has 1 fully saturated rings. The number of rotatable bonds is 1. The Morgan fingerprint density at radius 1 is 1.27 bits per heavy atom. The SMILES string of the molecule is CC1(c2nc(Cl)cc(Cl)n2)CCCCO1. The normalized spacial score (nSPS) is 26.6. The number of nitrogens with zero attached hydrogens (tertiary/aromatic N) is 2. The van der Waals surface area contributed by atoms with Gasteiger partial charge in [0.15, 0.2) is 5.82 Å². The van der Waals surface area contributed by atoms with E-state index < -0.39 is 5.60 Å². The predicted molar refractivity (Wildman–Crippen MR) is 59.2 cm³/mol. The van der Waals surface area contributed by atoms with E-state index in [2.05, 4.69) is 9.97 Å². The molecule has 3 nitrogen and oxygen atoms in total. The van der Waals surface area contributed by atoms with Crippen LogP contribution in [0.3, 0.4) is 0 Å². The Morgan fingerprint density at radius 2 is 1.93 bits per heavy atom. The van der Waals surface area contributed by atoms with E-state index in [0.717, 1.165) is 25.9 Å². The molecule has 0 spiro atoms. The molecule has 2 rings (SSSR count). The lowest BCUT2D eigenvalue weighted by Crippen LogP contribution is -2.32. The Bertz CT molecular complexity index is 344. The first-order chi connectivity index (χ1) is 7.10. The number of ether oxygens (including phenoxy) is 1. The highest BCUT2D eigenvalue weighted by Crippen LogP contribution is 2.33. The molecule has 0 radical (unpaired) electrons. The smallest absolute Gasteiger partial charge is 0.163 e. The summed E-state index contributed by atoms with van der Waals surface area (Å²) in [7, 11) is 0. The minimum Gasteiger partial charge on any atom is -0.367 e. The van der Waals surface area contributed by atoms with Crippen LogP contribution in [0.5, 0.6) is 0 Å². The van der Waals surface area contributed by atoms with Gasteiger partial charge in [-0.1, -0.05) is 23.2 Å². The first kappa shape index (κ1) is 11.1. The minimum atomic E-state index is -0.438. The van der Waals surface area contributed by atoms with E-state index in [0.29, 0.717) is 16.1 Å². The van der Waals surface area contributed by atoms with Gasteiger partial charge < -0.3 is 4.74 Å². The van der Waals surface area contributed by atoms with Gasteiger partial charge in [-0.15, -0.1) is 0 Å². The van der Waals surface area contributed by atoms with E-state index in [9.17, 15) is 0 Å². The molecule has 0 bridgehead atoms.